The Morgan fingerprint density at radius 1 is 1.43 bits per heavy atom. The van der Waals surface area contributed by atoms with Crippen molar-refractivity contribution in [3.05, 3.63) is 36.7 Å². The monoisotopic (exact) mass is 284 g/mol. The summed E-state index contributed by atoms with van der Waals surface area (Å²) < 4.78 is 0. The molecule has 3 rings (SSSR count). The summed E-state index contributed by atoms with van der Waals surface area (Å²) in [7, 11) is 0. The fraction of sp³-hybridized carbons (Fsp3) is 0.375. The summed E-state index contributed by atoms with van der Waals surface area (Å²) in [6, 6.07) is 8.17. The molecule has 0 spiro atoms. The number of hydrogen-bond acceptors (Lipinski definition) is 3. The molecule has 0 saturated carbocycles. The van der Waals surface area contributed by atoms with Crippen molar-refractivity contribution in [1.29, 1.82) is 0 Å². The predicted octanol–water partition coefficient (Wildman–Crippen LogP) is 2.40. The summed E-state index contributed by atoms with van der Waals surface area (Å²) >= 11 is 0. The van der Waals surface area contributed by atoms with Gasteiger partial charge in [0.2, 0.25) is 5.91 Å². The quantitative estimate of drug-likeness (QED) is 0.810. The number of nitrogens with zero attached hydrogens (tertiary/aromatic N) is 1. The van der Waals surface area contributed by atoms with Gasteiger partial charge in [0.25, 0.3) is 0 Å². The van der Waals surface area contributed by atoms with Gasteiger partial charge in [-0.2, -0.15) is 0 Å². The highest BCUT2D eigenvalue weighted by Gasteiger charge is 2.24. The molecule has 0 radical (unpaired) electrons. The minimum Gasteiger partial charge on any atom is -0.345 e. The summed E-state index contributed by atoms with van der Waals surface area (Å²) in [4.78, 5) is 19.6. The molecule has 1 aliphatic rings. The summed E-state index contributed by atoms with van der Waals surface area (Å²) in [6.45, 7) is 3.03. The summed E-state index contributed by atoms with van der Waals surface area (Å²) in [5.74, 6) is 1.01. The standard InChI is InChI=1S/C16H20N4O/c1-11-9-13(5-6-17-11)16(21)20-14-4-2-3-12(10-14)15-18-7-8-19-15/h2-4,7-8,10-11,13,17H,5-6,9H2,1H3,(H,18,19)(H,20,21)/t11-,13-/m0/s1. The van der Waals surface area contributed by atoms with E-state index in [-0.39, 0.29) is 11.8 Å². The molecular formula is C16H20N4O. The Kier molecular flexibility index (Phi) is 4.01. The van der Waals surface area contributed by atoms with Crippen LogP contribution in [0.3, 0.4) is 0 Å². The number of H-pyrrole nitrogens is 1. The number of anilines is 1. The van der Waals surface area contributed by atoms with E-state index < -0.39 is 0 Å². The SMILES string of the molecule is C[C@H]1C[C@@H](C(=O)Nc2cccc(-c3ncc[nH]3)c2)CCN1. The highest BCUT2D eigenvalue weighted by Crippen LogP contribution is 2.22. The Balaban J connectivity index is 1.70. The molecule has 5 heteroatoms. The smallest absolute Gasteiger partial charge is 0.227 e. The third-order valence-electron chi connectivity index (χ3n) is 3.90. The lowest BCUT2D eigenvalue weighted by atomic mass is 9.92. The van der Waals surface area contributed by atoms with Gasteiger partial charge in [-0.1, -0.05) is 12.1 Å². The number of nitrogens with one attached hydrogen (secondary N) is 3. The average Bonchev–Trinajstić information content (AvgIpc) is 3.02. The molecule has 1 amide bonds. The molecule has 2 aromatic rings. The van der Waals surface area contributed by atoms with E-state index in [1.165, 1.54) is 0 Å². The van der Waals surface area contributed by atoms with E-state index in [9.17, 15) is 4.79 Å². The van der Waals surface area contributed by atoms with E-state index in [1.807, 2.05) is 24.3 Å². The number of amides is 1. The molecule has 2 atom stereocenters. The molecular weight excluding hydrogens is 264 g/mol. The van der Waals surface area contributed by atoms with E-state index in [0.29, 0.717) is 6.04 Å². The highest BCUT2D eigenvalue weighted by molar-refractivity contribution is 5.93. The van der Waals surface area contributed by atoms with Crippen LogP contribution < -0.4 is 10.6 Å². The first kappa shape index (κ1) is 13.8. The van der Waals surface area contributed by atoms with Crippen molar-refractivity contribution in [2.75, 3.05) is 11.9 Å². The molecule has 0 bridgehead atoms. The fourth-order valence-corrected chi connectivity index (χ4v) is 2.78. The third kappa shape index (κ3) is 3.31. The number of rotatable bonds is 3. The molecule has 0 aliphatic carbocycles. The Bertz CT molecular complexity index is 608. The minimum absolute atomic E-state index is 0.0912. The molecule has 1 aromatic heterocycles. The first-order chi connectivity index (χ1) is 10.2. The van der Waals surface area contributed by atoms with Crippen molar-refractivity contribution in [3.8, 4) is 11.4 Å². The number of benzene rings is 1. The molecule has 3 N–H and O–H groups in total. The Morgan fingerprint density at radius 2 is 2.33 bits per heavy atom. The predicted molar refractivity (Wildman–Crippen MR) is 82.8 cm³/mol. The molecule has 1 aromatic carbocycles. The first-order valence-electron chi connectivity index (χ1n) is 7.36. The van der Waals surface area contributed by atoms with E-state index in [4.69, 9.17) is 0 Å². The maximum absolute atomic E-state index is 12.3. The lowest BCUT2D eigenvalue weighted by molar-refractivity contribution is -0.120. The van der Waals surface area contributed by atoms with Crippen LogP contribution in [0.25, 0.3) is 11.4 Å². The second-order valence-corrected chi connectivity index (χ2v) is 5.58. The number of carbonyl (C=O) groups is 1. The van der Waals surface area contributed by atoms with E-state index in [2.05, 4.69) is 27.5 Å². The maximum Gasteiger partial charge on any atom is 0.227 e. The summed E-state index contributed by atoms with van der Waals surface area (Å²) in [5, 5.41) is 6.39. The van der Waals surface area contributed by atoms with Crippen LogP contribution in [0, 0.1) is 5.92 Å². The molecule has 21 heavy (non-hydrogen) atoms. The second-order valence-electron chi connectivity index (χ2n) is 5.58. The van der Waals surface area contributed by atoms with Crippen LogP contribution >= 0.6 is 0 Å². The van der Waals surface area contributed by atoms with E-state index in [1.54, 1.807) is 12.4 Å². The van der Waals surface area contributed by atoms with Gasteiger partial charge in [-0.05, 0) is 38.4 Å². The summed E-state index contributed by atoms with van der Waals surface area (Å²) in [5.41, 5.74) is 1.79. The largest absolute Gasteiger partial charge is 0.345 e. The zero-order valence-corrected chi connectivity index (χ0v) is 12.1. The van der Waals surface area contributed by atoms with Gasteiger partial charge in [0.15, 0.2) is 0 Å². The van der Waals surface area contributed by atoms with Gasteiger partial charge in [0, 0.05) is 35.6 Å². The lowest BCUT2D eigenvalue weighted by Crippen LogP contribution is -2.40. The molecule has 5 nitrogen and oxygen atoms in total. The van der Waals surface area contributed by atoms with Crippen LogP contribution in [0.15, 0.2) is 36.7 Å². The lowest BCUT2D eigenvalue weighted by Gasteiger charge is -2.27. The number of hydrogen-bond donors (Lipinski definition) is 3. The Labute approximate surface area is 124 Å². The van der Waals surface area contributed by atoms with Crippen molar-refractivity contribution in [3.63, 3.8) is 0 Å². The van der Waals surface area contributed by atoms with Gasteiger partial charge in [-0.15, -0.1) is 0 Å². The zero-order chi connectivity index (χ0) is 14.7. The topological polar surface area (TPSA) is 69.8 Å². The Hall–Kier alpha value is -2.14. The van der Waals surface area contributed by atoms with Crippen molar-refractivity contribution < 1.29 is 4.79 Å². The van der Waals surface area contributed by atoms with Gasteiger partial charge in [0.1, 0.15) is 5.82 Å². The van der Waals surface area contributed by atoms with Crippen LogP contribution in [-0.2, 0) is 4.79 Å². The van der Waals surface area contributed by atoms with Crippen LogP contribution in [0.1, 0.15) is 19.8 Å². The Morgan fingerprint density at radius 3 is 3.10 bits per heavy atom. The number of aromatic amines is 1. The van der Waals surface area contributed by atoms with Gasteiger partial charge in [0.05, 0.1) is 0 Å². The van der Waals surface area contributed by atoms with Crippen molar-refractivity contribution in [2.24, 2.45) is 5.92 Å². The van der Waals surface area contributed by atoms with Gasteiger partial charge in [-0.25, -0.2) is 4.98 Å². The molecule has 1 fully saturated rings. The molecule has 110 valence electrons. The number of imidazole rings is 1. The minimum atomic E-state index is 0.0912. The maximum atomic E-state index is 12.3. The molecule has 2 heterocycles. The normalized spacial score (nSPS) is 22.0. The highest BCUT2D eigenvalue weighted by atomic mass is 16.1. The second kappa shape index (κ2) is 6.10. The van der Waals surface area contributed by atoms with Crippen molar-refractivity contribution in [2.45, 2.75) is 25.8 Å². The summed E-state index contributed by atoms with van der Waals surface area (Å²) in [6.07, 6.45) is 5.30. The van der Waals surface area contributed by atoms with Crippen LogP contribution in [-0.4, -0.2) is 28.5 Å². The third-order valence-corrected chi connectivity index (χ3v) is 3.90. The van der Waals surface area contributed by atoms with Gasteiger partial charge < -0.3 is 15.6 Å². The van der Waals surface area contributed by atoms with Gasteiger partial charge in [-0.3, -0.25) is 4.79 Å². The van der Waals surface area contributed by atoms with Crippen LogP contribution in [0.4, 0.5) is 5.69 Å². The molecule has 0 unspecified atom stereocenters. The van der Waals surface area contributed by atoms with Crippen molar-refractivity contribution in [1.82, 2.24) is 15.3 Å². The van der Waals surface area contributed by atoms with E-state index >= 15 is 0 Å². The van der Waals surface area contributed by atoms with Crippen molar-refractivity contribution >= 4 is 11.6 Å². The molecule has 1 saturated heterocycles. The number of aromatic nitrogens is 2. The fourth-order valence-electron chi connectivity index (χ4n) is 2.78. The zero-order valence-electron chi connectivity index (χ0n) is 12.1. The van der Waals surface area contributed by atoms with Crippen LogP contribution in [0.2, 0.25) is 0 Å². The van der Waals surface area contributed by atoms with Crippen LogP contribution in [0.5, 0.6) is 0 Å². The number of piperidine rings is 1. The average molecular weight is 284 g/mol. The number of carbonyl (C=O) groups excluding carboxylic acids is 1. The van der Waals surface area contributed by atoms with Gasteiger partial charge >= 0.3 is 0 Å². The van der Waals surface area contributed by atoms with E-state index in [0.717, 1.165) is 36.5 Å². The molecule has 1 aliphatic heterocycles. The first-order valence-corrected chi connectivity index (χ1v) is 7.36.